The molecule has 2 rings (SSSR count). The van der Waals surface area contributed by atoms with Gasteiger partial charge < -0.3 is 0 Å². The van der Waals surface area contributed by atoms with Gasteiger partial charge >= 0.3 is 6.18 Å². The minimum Gasteiger partial charge on any atom is -0.299 e. The van der Waals surface area contributed by atoms with Gasteiger partial charge in [-0.2, -0.15) is 13.2 Å². The van der Waals surface area contributed by atoms with E-state index in [1.165, 1.54) is 6.42 Å². The first-order chi connectivity index (χ1) is 9.49. The maximum Gasteiger partial charge on any atom is 0.416 e. The Bertz CT molecular complexity index is 414. The highest BCUT2D eigenvalue weighted by atomic mass is 35.5. The lowest BCUT2D eigenvalue weighted by Gasteiger charge is -2.32. The first kappa shape index (κ1) is 15.6. The Morgan fingerprint density at radius 2 is 1.90 bits per heavy atom. The molecular formula is C15H19ClF3N. The van der Waals surface area contributed by atoms with E-state index < -0.39 is 11.7 Å². The summed E-state index contributed by atoms with van der Waals surface area (Å²) in [6.45, 7) is 2.73. The molecule has 1 unspecified atom stereocenters. The Morgan fingerprint density at radius 3 is 2.50 bits per heavy atom. The van der Waals surface area contributed by atoms with E-state index in [-0.39, 0.29) is 0 Å². The third kappa shape index (κ3) is 4.38. The van der Waals surface area contributed by atoms with Crippen LogP contribution in [0.4, 0.5) is 13.2 Å². The third-order valence-electron chi connectivity index (χ3n) is 3.81. The Kier molecular flexibility index (Phi) is 5.33. The Labute approximate surface area is 122 Å². The quantitative estimate of drug-likeness (QED) is 0.738. The summed E-state index contributed by atoms with van der Waals surface area (Å²) in [5.74, 6) is 1.30. The van der Waals surface area contributed by atoms with Crippen LogP contribution >= 0.6 is 11.6 Å². The second-order valence-electron chi connectivity index (χ2n) is 5.42. The molecule has 0 radical (unpaired) electrons. The van der Waals surface area contributed by atoms with Crippen LogP contribution in [-0.4, -0.2) is 23.9 Å². The topological polar surface area (TPSA) is 3.24 Å². The molecular weight excluding hydrogens is 287 g/mol. The van der Waals surface area contributed by atoms with E-state index in [9.17, 15) is 13.2 Å². The van der Waals surface area contributed by atoms with Gasteiger partial charge in [0, 0.05) is 19.0 Å². The van der Waals surface area contributed by atoms with E-state index in [1.54, 1.807) is 12.1 Å². The van der Waals surface area contributed by atoms with E-state index in [4.69, 9.17) is 11.6 Å². The van der Waals surface area contributed by atoms with Crippen LogP contribution in [0.3, 0.4) is 0 Å². The van der Waals surface area contributed by atoms with Crippen molar-refractivity contribution in [3.8, 4) is 0 Å². The molecule has 0 bridgehead atoms. The zero-order valence-corrected chi connectivity index (χ0v) is 12.1. The fraction of sp³-hybridized carbons (Fsp3) is 0.600. The number of halogens is 4. The molecule has 1 fully saturated rings. The molecule has 1 aromatic rings. The zero-order chi connectivity index (χ0) is 14.6. The lowest BCUT2D eigenvalue weighted by Crippen LogP contribution is -2.35. The number of alkyl halides is 4. The van der Waals surface area contributed by atoms with Crippen LogP contribution in [0.1, 0.15) is 30.4 Å². The summed E-state index contributed by atoms with van der Waals surface area (Å²) in [5.41, 5.74) is 0.351. The lowest BCUT2D eigenvalue weighted by molar-refractivity contribution is -0.137. The molecule has 1 nitrogen and oxygen atoms in total. The molecule has 112 valence electrons. The van der Waals surface area contributed by atoms with Gasteiger partial charge in [-0.05, 0) is 49.4 Å². The Balaban J connectivity index is 1.93. The third-order valence-corrected chi connectivity index (χ3v) is 4.03. The predicted octanol–water partition coefficient (Wildman–Crippen LogP) is 4.55. The van der Waals surface area contributed by atoms with Gasteiger partial charge in [-0.3, -0.25) is 4.90 Å². The van der Waals surface area contributed by atoms with Crippen molar-refractivity contribution in [1.29, 1.82) is 0 Å². The van der Waals surface area contributed by atoms with Crippen LogP contribution in [-0.2, 0) is 12.7 Å². The standard InChI is InChI=1S/C15H19ClF3N/c16-8-7-12-2-1-9-20(10-12)11-13-3-5-14(6-4-13)15(17,18)19/h3-6,12H,1-2,7-11H2. The number of rotatable bonds is 4. The Hall–Kier alpha value is -0.740. The second kappa shape index (κ2) is 6.81. The summed E-state index contributed by atoms with van der Waals surface area (Å²) in [7, 11) is 0. The van der Waals surface area contributed by atoms with Crippen molar-refractivity contribution < 1.29 is 13.2 Å². The number of likely N-dealkylation sites (tertiary alicyclic amines) is 1. The fourth-order valence-corrected chi connectivity index (χ4v) is 3.05. The first-order valence-corrected chi connectivity index (χ1v) is 7.47. The normalized spacial score (nSPS) is 21.1. The average molecular weight is 306 g/mol. The SMILES string of the molecule is FC(F)(F)c1ccc(CN2CCCC(CCCl)C2)cc1. The smallest absolute Gasteiger partial charge is 0.299 e. The molecule has 1 heterocycles. The van der Waals surface area contributed by atoms with Gasteiger partial charge in [-0.15, -0.1) is 11.6 Å². The van der Waals surface area contributed by atoms with Crippen LogP contribution in [0.2, 0.25) is 0 Å². The number of benzene rings is 1. The lowest BCUT2D eigenvalue weighted by atomic mass is 9.95. The summed E-state index contributed by atoms with van der Waals surface area (Å²) in [4.78, 5) is 2.31. The van der Waals surface area contributed by atoms with E-state index >= 15 is 0 Å². The molecule has 0 saturated carbocycles. The van der Waals surface area contributed by atoms with Crippen LogP contribution in [0.5, 0.6) is 0 Å². The molecule has 1 aliphatic rings. The molecule has 1 saturated heterocycles. The summed E-state index contributed by atoms with van der Waals surface area (Å²) < 4.78 is 37.5. The van der Waals surface area contributed by atoms with Gasteiger partial charge in [0.05, 0.1) is 5.56 Å². The molecule has 1 aliphatic heterocycles. The van der Waals surface area contributed by atoms with Crippen LogP contribution in [0.25, 0.3) is 0 Å². The van der Waals surface area contributed by atoms with E-state index in [1.807, 2.05) is 0 Å². The fourth-order valence-electron chi connectivity index (χ4n) is 2.74. The van der Waals surface area contributed by atoms with E-state index in [2.05, 4.69) is 4.90 Å². The van der Waals surface area contributed by atoms with Crippen LogP contribution in [0.15, 0.2) is 24.3 Å². The van der Waals surface area contributed by atoms with E-state index in [0.29, 0.717) is 11.8 Å². The molecule has 1 atom stereocenters. The molecule has 0 aliphatic carbocycles. The Morgan fingerprint density at radius 1 is 1.20 bits per heavy atom. The average Bonchev–Trinajstić information content (AvgIpc) is 2.39. The van der Waals surface area contributed by atoms with Gasteiger partial charge in [0.2, 0.25) is 0 Å². The summed E-state index contributed by atoms with van der Waals surface area (Å²) >= 11 is 5.78. The van der Waals surface area contributed by atoms with Crippen molar-refractivity contribution in [2.24, 2.45) is 5.92 Å². The molecule has 1 aromatic carbocycles. The molecule has 0 spiro atoms. The zero-order valence-electron chi connectivity index (χ0n) is 11.3. The number of nitrogens with zero attached hydrogens (tertiary/aromatic N) is 1. The number of hydrogen-bond donors (Lipinski definition) is 0. The highest BCUT2D eigenvalue weighted by Crippen LogP contribution is 2.29. The molecule has 0 amide bonds. The largest absolute Gasteiger partial charge is 0.416 e. The maximum atomic E-state index is 12.5. The first-order valence-electron chi connectivity index (χ1n) is 6.93. The second-order valence-corrected chi connectivity index (χ2v) is 5.79. The van der Waals surface area contributed by atoms with Crippen LogP contribution in [0, 0.1) is 5.92 Å². The number of piperidine rings is 1. The molecule has 20 heavy (non-hydrogen) atoms. The van der Waals surface area contributed by atoms with Gasteiger partial charge in [-0.1, -0.05) is 12.1 Å². The molecule has 0 N–H and O–H groups in total. The van der Waals surface area contributed by atoms with Crippen molar-refractivity contribution in [3.05, 3.63) is 35.4 Å². The van der Waals surface area contributed by atoms with Gasteiger partial charge in [-0.25, -0.2) is 0 Å². The van der Waals surface area contributed by atoms with E-state index in [0.717, 1.165) is 50.2 Å². The maximum absolute atomic E-state index is 12.5. The highest BCUT2D eigenvalue weighted by Gasteiger charge is 2.30. The van der Waals surface area contributed by atoms with Crippen molar-refractivity contribution in [3.63, 3.8) is 0 Å². The van der Waals surface area contributed by atoms with Gasteiger partial charge in [0.1, 0.15) is 0 Å². The van der Waals surface area contributed by atoms with Crippen molar-refractivity contribution in [2.75, 3.05) is 19.0 Å². The minimum absolute atomic E-state index is 0.583. The molecule has 5 heteroatoms. The molecule has 0 aromatic heterocycles. The number of hydrogen-bond acceptors (Lipinski definition) is 1. The van der Waals surface area contributed by atoms with Crippen molar-refractivity contribution in [1.82, 2.24) is 4.90 Å². The van der Waals surface area contributed by atoms with Crippen molar-refractivity contribution >= 4 is 11.6 Å². The summed E-state index contributed by atoms with van der Waals surface area (Å²) in [5, 5.41) is 0. The predicted molar refractivity (Wildman–Crippen MR) is 74.8 cm³/mol. The van der Waals surface area contributed by atoms with Crippen molar-refractivity contribution in [2.45, 2.75) is 32.0 Å². The monoisotopic (exact) mass is 305 g/mol. The van der Waals surface area contributed by atoms with Gasteiger partial charge in [0.15, 0.2) is 0 Å². The summed E-state index contributed by atoms with van der Waals surface area (Å²) in [6.07, 6.45) is -0.890. The van der Waals surface area contributed by atoms with Gasteiger partial charge in [0.25, 0.3) is 0 Å². The highest BCUT2D eigenvalue weighted by molar-refractivity contribution is 6.17. The van der Waals surface area contributed by atoms with Crippen LogP contribution < -0.4 is 0 Å². The minimum atomic E-state index is -4.25. The summed E-state index contributed by atoms with van der Waals surface area (Å²) in [6, 6.07) is 5.48.